The average Bonchev–Trinajstić information content (AvgIpc) is 2.90. The standard InChI is InChI=1S/C13H19N3O2S/c1-2-3-4-11(15-9-7-14-8-10-15)12-5-6-13(19-12)16(17)18/h2,5-6,11,14H,1,3-4,7-10H2/t11-/m1/s1. The maximum Gasteiger partial charge on any atom is 0.324 e. The molecular formula is C13H19N3O2S. The number of thiophene rings is 1. The molecule has 0 bridgehead atoms. The number of allylic oxidation sites excluding steroid dienone is 1. The van der Waals surface area contributed by atoms with E-state index >= 15 is 0 Å². The Morgan fingerprint density at radius 3 is 2.84 bits per heavy atom. The van der Waals surface area contributed by atoms with E-state index in [4.69, 9.17) is 0 Å². The van der Waals surface area contributed by atoms with Crippen molar-refractivity contribution < 1.29 is 4.92 Å². The topological polar surface area (TPSA) is 58.4 Å². The fourth-order valence-corrected chi connectivity index (χ4v) is 3.38. The van der Waals surface area contributed by atoms with Crippen LogP contribution in [-0.2, 0) is 0 Å². The minimum atomic E-state index is -0.309. The molecule has 0 spiro atoms. The summed E-state index contributed by atoms with van der Waals surface area (Å²) in [6.45, 7) is 7.72. The highest BCUT2D eigenvalue weighted by atomic mass is 32.1. The van der Waals surface area contributed by atoms with E-state index in [2.05, 4.69) is 16.8 Å². The van der Waals surface area contributed by atoms with Gasteiger partial charge in [-0.1, -0.05) is 17.4 Å². The molecule has 0 aromatic carbocycles. The smallest absolute Gasteiger partial charge is 0.314 e. The molecule has 1 N–H and O–H groups in total. The van der Waals surface area contributed by atoms with Crippen molar-refractivity contribution in [1.29, 1.82) is 0 Å². The van der Waals surface area contributed by atoms with Crippen molar-refractivity contribution in [2.45, 2.75) is 18.9 Å². The van der Waals surface area contributed by atoms with E-state index in [0.29, 0.717) is 0 Å². The molecule has 1 fully saturated rings. The number of rotatable bonds is 6. The number of nitro groups is 1. The van der Waals surface area contributed by atoms with E-state index < -0.39 is 0 Å². The fraction of sp³-hybridized carbons (Fsp3) is 0.538. The maximum absolute atomic E-state index is 10.8. The molecule has 1 saturated heterocycles. The van der Waals surface area contributed by atoms with Crippen LogP contribution < -0.4 is 5.32 Å². The molecule has 19 heavy (non-hydrogen) atoms. The Labute approximate surface area is 117 Å². The predicted molar refractivity (Wildman–Crippen MR) is 77.6 cm³/mol. The molecule has 2 rings (SSSR count). The second-order valence-corrected chi connectivity index (χ2v) is 5.69. The van der Waals surface area contributed by atoms with E-state index in [1.54, 1.807) is 6.07 Å². The van der Waals surface area contributed by atoms with Crippen LogP contribution in [0, 0.1) is 10.1 Å². The second kappa shape index (κ2) is 6.79. The quantitative estimate of drug-likeness (QED) is 0.494. The molecular weight excluding hydrogens is 262 g/mol. The molecule has 1 aromatic rings. The van der Waals surface area contributed by atoms with E-state index in [0.717, 1.165) is 43.9 Å². The summed E-state index contributed by atoms with van der Waals surface area (Å²) in [5, 5.41) is 14.4. The maximum atomic E-state index is 10.8. The fourth-order valence-electron chi connectivity index (χ4n) is 2.39. The summed E-state index contributed by atoms with van der Waals surface area (Å²) >= 11 is 1.30. The minimum absolute atomic E-state index is 0.230. The highest BCUT2D eigenvalue weighted by molar-refractivity contribution is 7.15. The van der Waals surface area contributed by atoms with Crippen LogP contribution in [-0.4, -0.2) is 36.0 Å². The zero-order valence-corrected chi connectivity index (χ0v) is 11.7. The highest BCUT2D eigenvalue weighted by Gasteiger charge is 2.24. The summed E-state index contributed by atoms with van der Waals surface area (Å²) in [4.78, 5) is 14.0. The zero-order valence-electron chi connectivity index (χ0n) is 10.9. The van der Waals surface area contributed by atoms with Crippen LogP contribution >= 0.6 is 11.3 Å². The Hall–Kier alpha value is -1.24. The van der Waals surface area contributed by atoms with Gasteiger partial charge in [-0.2, -0.15) is 0 Å². The first kappa shape index (κ1) is 14.2. The Kier molecular flexibility index (Phi) is 5.07. The van der Waals surface area contributed by atoms with E-state index in [-0.39, 0.29) is 16.0 Å². The van der Waals surface area contributed by atoms with E-state index in [1.807, 2.05) is 12.1 Å². The van der Waals surface area contributed by atoms with Crippen LogP contribution in [0.2, 0.25) is 0 Å². The Balaban J connectivity index is 2.14. The third kappa shape index (κ3) is 3.62. The van der Waals surface area contributed by atoms with Crippen LogP contribution in [0.5, 0.6) is 0 Å². The monoisotopic (exact) mass is 281 g/mol. The molecule has 0 saturated carbocycles. The minimum Gasteiger partial charge on any atom is -0.314 e. The number of nitrogens with one attached hydrogen (secondary N) is 1. The van der Waals surface area contributed by atoms with Crippen molar-refractivity contribution in [3.05, 3.63) is 39.8 Å². The normalized spacial score (nSPS) is 18.1. The number of nitrogens with zero attached hydrogens (tertiary/aromatic N) is 2. The van der Waals surface area contributed by atoms with Crippen LogP contribution in [0.15, 0.2) is 24.8 Å². The Morgan fingerprint density at radius 2 is 2.26 bits per heavy atom. The van der Waals surface area contributed by atoms with Crippen molar-refractivity contribution in [3.63, 3.8) is 0 Å². The Bertz CT molecular complexity index is 441. The molecule has 0 radical (unpaired) electrons. The first-order chi connectivity index (χ1) is 9.22. The van der Waals surface area contributed by atoms with Crippen LogP contribution in [0.3, 0.4) is 0 Å². The van der Waals surface area contributed by atoms with Crippen molar-refractivity contribution in [2.24, 2.45) is 0 Å². The molecule has 0 aliphatic carbocycles. The van der Waals surface area contributed by atoms with Gasteiger partial charge in [-0.05, 0) is 18.9 Å². The first-order valence-corrected chi connectivity index (χ1v) is 7.34. The number of piperazine rings is 1. The lowest BCUT2D eigenvalue weighted by atomic mass is 10.1. The molecule has 5 nitrogen and oxygen atoms in total. The lowest BCUT2D eigenvalue weighted by Gasteiger charge is -2.34. The van der Waals surface area contributed by atoms with Crippen LogP contribution in [0.4, 0.5) is 5.00 Å². The summed E-state index contributed by atoms with van der Waals surface area (Å²) in [7, 11) is 0. The van der Waals surface area contributed by atoms with Gasteiger partial charge in [0, 0.05) is 43.2 Å². The molecule has 1 aliphatic heterocycles. The van der Waals surface area contributed by atoms with E-state index in [1.165, 1.54) is 11.3 Å². The molecule has 1 aliphatic rings. The van der Waals surface area contributed by atoms with Gasteiger partial charge in [0.25, 0.3) is 0 Å². The third-order valence-electron chi connectivity index (χ3n) is 3.36. The molecule has 104 valence electrons. The second-order valence-electron chi connectivity index (χ2n) is 4.60. The Morgan fingerprint density at radius 1 is 1.53 bits per heavy atom. The van der Waals surface area contributed by atoms with Gasteiger partial charge in [0.15, 0.2) is 0 Å². The van der Waals surface area contributed by atoms with Crippen LogP contribution in [0.25, 0.3) is 0 Å². The molecule has 1 aromatic heterocycles. The summed E-state index contributed by atoms with van der Waals surface area (Å²) in [5.74, 6) is 0. The largest absolute Gasteiger partial charge is 0.324 e. The summed E-state index contributed by atoms with van der Waals surface area (Å²) < 4.78 is 0. The van der Waals surface area contributed by atoms with Gasteiger partial charge in [-0.15, -0.1) is 6.58 Å². The molecule has 0 amide bonds. The van der Waals surface area contributed by atoms with Crippen LogP contribution in [0.1, 0.15) is 23.8 Å². The van der Waals surface area contributed by atoms with Gasteiger partial charge in [-0.3, -0.25) is 15.0 Å². The predicted octanol–water partition coefficient (Wildman–Crippen LogP) is 2.57. The van der Waals surface area contributed by atoms with Gasteiger partial charge in [-0.25, -0.2) is 0 Å². The third-order valence-corrected chi connectivity index (χ3v) is 4.50. The van der Waals surface area contributed by atoms with Gasteiger partial charge in [0.2, 0.25) is 0 Å². The summed E-state index contributed by atoms with van der Waals surface area (Å²) in [6, 6.07) is 3.79. The van der Waals surface area contributed by atoms with E-state index in [9.17, 15) is 10.1 Å². The molecule has 2 heterocycles. The lowest BCUT2D eigenvalue weighted by molar-refractivity contribution is -0.380. The van der Waals surface area contributed by atoms with Crippen molar-refractivity contribution in [3.8, 4) is 0 Å². The molecule has 0 unspecified atom stereocenters. The van der Waals surface area contributed by atoms with Crippen molar-refractivity contribution >= 4 is 16.3 Å². The van der Waals surface area contributed by atoms with Gasteiger partial charge in [0.05, 0.1) is 4.92 Å². The van der Waals surface area contributed by atoms with Gasteiger partial charge in [0.1, 0.15) is 0 Å². The number of hydrogen-bond donors (Lipinski definition) is 1. The first-order valence-electron chi connectivity index (χ1n) is 6.52. The summed E-state index contributed by atoms with van der Waals surface area (Å²) in [6.07, 6.45) is 3.82. The SMILES string of the molecule is C=CCC[C@H](c1ccc([N+](=O)[O-])s1)N1CCNCC1. The average molecular weight is 281 g/mol. The van der Waals surface area contributed by atoms with Gasteiger partial charge >= 0.3 is 5.00 Å². The van der Waals surface area contributed by atoms with Gasteiger partial charge < -0.3 is 5.32 Å². The highest BCUT2D eigenvalue weighted by Crippen LogP contribution is 2.34. The molecule has 6 heteroatoms. The lowest BCUT2D eigenvalue weighted by Crippen LogP contribution is -2.45. The number of hydrogen-bond acceptors (Lipinski definition) is 5. The van der Waals surface area contributed by atoms with Crippen molar-refractivity contribution in [2.75, 3.05) is 26.2 Å². The molecule has 1 atom stereocenters. The summed E-state index contributed by atoms with van der Waals surface area (Å²) in [5.41, 5.74) is 0. The van der Waals surface area contributed by atoms with Crippen molar-refractivity contribution in [1.82, 2.24) is 10.2 Å². The zero-order chi connectivity index (χ0) is 13.7.